The van der Waals surface area contributed by atoms with Gasteiger partial charge in [0.15, 0.2) is 0 Å². The third-order valence-electron chi connectivity index (χ3n) is 3.28. The van der Waals surface area contributed by atoms with Crippen LogP contribution in [0.25, 0.3) is 0 Å². The molecule has 0 aliphatic rings. The van der Waals surface area contributed by atoms with E-state index in [1.807, 2.05) is 7.05 Å². The van der Waals surface area contributed by atoms with Crippen LogP contribution in [-0.2, 0) is 4.79 Å². The normalized spacial score (nSPS) is 10.5. The third-order valence-corrected chi connectivity index (χ3v) is 3.28. The van der Waals surface area contributed by atoms with E-state index >= 15 is 0 Å². The van der Waals surface area contributed by atoms with Crippen molar-refractivity contribution in [3.63, 3.8) is 0 Å². The summed E-state index contributed by atoms with van der Waals surface area (Å²) in [5.41, 5.74) is 0.231. The predicted molar refractivity (Wildman–Crippen MR) is 85.3 cm³/mol. The summed E-state index contributed by atoms with van der Waals surface area (Å²) in [6.07, 6.45) is 2.53. The summed E-state index contributed by atoms with van der Waals surface area (Å²) in [5.74, 6) is 0.209. The van der Waals surface area contributed by atoms with Gasteiger partial charge in [-0.1, -0.05) is 13.3 Å². The SMILES string of the molecule is CCCCN(C)CCC(=O)Nc1cc([N+](=O)[O-])ccc1OC. The minimum Gasteiger partial charge on any atom is -0.495 e. The Morgan fingerprint density at radius 2 is 2.14 bits per heavy atom. The van der Waals surface area contributed by atoms with E-state index in [0.29, 0.717) is 24.4 Å². The maximum atomic E-state index is 12.0. The van der Waals surface area contributed by atoms with E-state index in [1.54, 1.807) is 0 Å². The number of methoxy groups -OCH3 is 1. The lowest BCUT2D eigenvalue weighted by atomic mass is 10.2. The van der Waals surface area contributed by atoms with Crippen LogP contribution >= 0.6 is 0 Å². The van der Waals surface area contributed by atoms with Gasteiger partial charge in [0.25, 0.3) is 5.69 Å². The maximum absolute atomic E-state index is 12.0. The van der Waals surface area contributed by atoms with Crippen LogP contribution in [0.1, 0.15) is 26.2 Å². The van der Waals surface area contributed by atoms with Crippen LogP contribution in [0.4, 0.5) is 11.4 Å². The summed E-state index contributed by atoms with van der Waals surface area (Å²) in [5, 5.41) is 13.5. The highest BCUT2D eigenvalue weighted by molar-refractivity contribution is 5.92. The van der Waals surface area contributed by atoms with Crippen molar-refractivity contribution in [2.24, 2.45) is 0 Å². The van der Waals surface area contributed by atoms with Gasteiger partial charge in [-0.3, -0.25) is 14.9 Å². The van der Waals surface area contributed by atoms with Crippen LogP contribution < -0.4 is 10.1 Å². The Kier molecular flexibility index (Phi) is 7.31. The molecule has 0 radical (unpaired) electrons. The highest BCUT2D eigenvalue weighted by Crippen LogP contribution is 2.28. The lowest BCUT2D eigenvalue weighted by molar-refractivity contribution is -0.384. The minimum atomic E-state index is -0.506. The number of amides is 1. The molecule has 7 heteroatoms. The molecular weight excluding hydrogens is 286 g/mol. The molecule has 0 unspecified atom stereocenters. The molecule has 0 aliphatic heterocycles. The quantitative estimate of drug-likeness (QED) is 0.560. The minimum absolute atomic E-state index is 0.0869. The van der Waals surface area contributed by atoms with E-state index in [9.17, 15) is 14.9 Å². The molecule has 1 aromatic carbocycles. The van der Waals surface area contributed by atoms with Crippen molar-refractivity contribution in [1.29, 1.82) is 0 Å². The first-order valence-electron chi connectivity index (χ1n) is 7.28. The van der Waals surface area contributed by atoms with Crippen LogP contribution in [0.3, 0.4) is 0 Å². The maximum Gasteiger partial charge on any atom is 0.271 e. The molecule has 1 rings (SSSR count). The number of carbonyl (C=O) groups excluding carboxylic acids is 1. The van der Waals surface area contributed by atoms with Crippen molar-refractivity contribution in [2.45, 2.75) is 26.2 Å². The number of ether oxygens (including phenoxy) is 1. The molecule has 0 bridgehead atoms. The number of nitrogens with one attached hydrogen (secondary N) is 1. The summed E-state index contributed by atoms with van der Waals surface area (Å²) >= 11 is 0. The van der Waals surface area contributed by atoms with Crippen LogP contribution in [0, 0.1) is 10.1 Å². The summed E-state index contributed by atoms with van der Waals surface area (Å²) in [6, 6.07) is 4.12. The van der Waals surface area contributed by atoms with Crippen LogP contribution in [-0.4, -0.2) is 43.0 Å². The van der Waals surface area contributed by atoms with Crippen molar-refractivity contribution >= 4 is 17.3 Å². The highest BCUT2D eigenvalue weighted by atomic mass is 16.6. The fraction of sp³-hybridized carbons (Fsp3) is 0.533. The number of nitro benzene ring substituents is 1. The zero-order chi connectivity index (χ0) is 16.5. The van der Waals surface area contributed by atoms with Gasteiger partial charge in [0.05, 0.1) is 17.7 Å². The van der Waals surface area contributed by atoms with E-state index in [-0.39, 0.29) is 11.6 Å². The molecule has 1 aromatic rings. The van der Waals surface area contributed by atoms with Crippen LogP contribution in [0.2, 0.25) is 0 Å². The van der Waals surface area contributed by atoms with Crippen molar-refractivity contribution in [2.75, 3.05) is 32.6 Å². The second-order valence-electron chi connectivity index (χ2n) is 5.10. The number of carbonyl (C=O) groups is 1. The van der Waals surface area contributed by atoms with Gasteiger partial charge in [-0.2, -0.15) is 0 Å². The molecule has 0 heterocycles. The average molecular weight is 309 g/mol. The van der Waals surface area contributed by atoms with Crippen molar-refractivity contribution in [3.8, 4) is 5.75 Å². The summed E-state index contributed by atoms with van der Waals surface area (Å²) < 4.78 is 5.11. The molecule has 0 atom stereocenters. The summed E-state index contributed by atoms with van der Waals surface area (Å²) in [6.45, 7) is 3.71. The van der Waals surface area contributed by atoms with Gasteiger partial charge in [-0.15, -0.1) is 0 Å². The first-order valence-corrected chi connectivity index (χ1v) is 7.28. The van der Waals surface area contributed by atoms with Gasteiger partial charge in [-0.25, -0.2) is 0 Å². The molecule has 1 amide bonds. The largest absolute Gasteiger partial charge is 0.495 e. The van der Waals surface area contributed by atoms with Gasteiger partial charge in [0.2, 0.25) is 5.91 Å². The first kappa shape index (κ1) is 17.9. The lowest BCUT2D eigenvalue weighted by Crippen LogP contribution is -2.25. The van der Waals surface area contributed by atoms with Crippen molar-refractivity contribution in [1.82, 2.24) is 4.90 Å². The van der Waals surface area contributed by atoms with Crippen molar-refractivity contribution < 1.29 is 14.5 Å². The van der Waals surface area contributed by atoms with Crippen LogP contribution in [0.5, 0.6) is 5.75 Å². The lowest BCUT2D eigenvalue weighted by Gasteiger charge is -2.16. The first-order chi connectivity index (χ1) is 10.5. The van der Waals surface area contributed by atoms with Gasteiger partial charge in [0.1, 0.15) is 5.75 Å². The molecular formula is C15H23N3O4. The Bertz CT molecular complexity index is 520. The van der Waals surface area contributed by atoms with E-state index < -0.39 is 4.92 Å². The van der Waals surface area contributed by atoms with E-state index in [2.05, 4.69) is 17.1 Å². The number of hydrogen-bond donors (Lipinski definition) is 1. The van der Waals surface area contributed by atoms with Crippen molar-refractivity contribution in [3.05, 3.63) is 28.3 Å². The molecule has 1 N–H and O–H groups in total. The zero-order valence-electron chi connectivity index (χ0n) is 13.3. The molecule has 0 saturated carbocycles. The Labute approximate surface area is 130 Å². The molecule has 7 nitrogen and oxygen atoms in total. The zero-order valence-corrected chi connectivity index (χ0v) is 13.3. The Hall–Kier alpha value is -2.15. The summed E-state index contributed by atoms with van der Waals surface area (Å²) in [7, 11) is 3.42. The molecule has 122 valence electrons. The molecule has 0 saturated heterocycles. The Morgan fingerprint density at radius 1 is 1.41 bits per heavy atom. The molecule has 0 aliphatic carbocycles. The van der Waals surface area contributed by atoms with Gasteiger partial charge in [-0.05, 0) is 26.1 Å². The highest BCUT2D eigenvalue weighted by Gasteiger charge is 2.14. The number of nitro groups is 1. The molecule has 0 spiro atoms. The molecule has 0 fully saturated rings. The average Bonchev–Trinajstić information content (AvgIpc) is 2.50. The number of benzene rings is 1. The number of unbranched alkanes of at least 4 members (excludes halogenated alkanes) is 1. The van der Waals surface area contributed by atoms with E-state index in [4.69, 9.17) is 4.74 Å². The summed E-state index contributed by atoms with van der Waals surface area (Å²) in [4.78, 5) is 24.4. The standard InChI is InChI=1S/C15H23N3O4/c1-4-5-9-17(2)10-8-15(19)16-13-11-12(18(20)21)6-7-14(13)22-3/h6-7,11H,4-5,8-10H2,1-3H3,(H,16,19). The number of hydrogen-bond acceptors (Lipinski definition) is 5. The predicted octanol–water partition coefficient (Wildman–Crippen LogP) is 2.66. The second-order valence-corrected chi connectivity index (χ2v) is 5.10. The molecule has 22 heavy (non-hydrogen) atoms. The number of non-ortho nitro benzene ring substituents is 1. The fourth-order valence-corrected chi connectivity index (χ4v) is 1.95. The van der Waals surface area contributed by atoms with Gasteiger partial charge >= 0.3 is 0 Å². The number of anilines is 1. The molecule has 0 aromatic heterocycles. The third kappa shape index (κ3) is 5.69. The van der Waals surface area contributed by atoms with Crippen LogP contribution in [0.15, 0.2) is 18.2 Å². The number of rotatable bonds is 9. The Balaban J connectivity index is 2.63. The second kappa shape index (κ2) is 8.99. The smallest absolute Gasteiger partial charge is 0.271 e. The van der Waals surface area contributed by atoms with E-state index in [1.165, 1.54) is 25.3 Å². The van der Waals surface area contributed by atoms with E-state index in [0.717, 1.165) is 19.4 Å². The fourth-order valence-electron chi connectivity index (χ4n) is 1.95. The topological polar surface area (TPSA) is 84.7 Å². The monoisotopic (exact) mass is 309 g/mol. The Morgan fingerprint density at radius 3 is 2.73 bits per heavy atom. The van der Waals surface area contributed by atoms with Gasteiger partial charge < -0.3 is 15.0 Å². The number of nitrogens with zero attached hydrogens (tertiary/aromatic N) is 2. The van der Waals surface area contributed by atoms with Gasteiger partial charge in [0, 0.05) is 25.1 Å².